The molecule has 1 atom stereocenters. The smallest absolute Gasteiger partial charge is 0.0595 e. The highest BCUT2D eigenvalue weighted by Crippen LogP contribution is 2.32. The van der Waals surface area contributed by atoms with Crippen molar-refractivity contribution in [2.45, 2.75) is 25.1 Å². The van der Waals surface area contributed by atoms with Crippen LogP contribution in [0.25, 0.3) is 0 Å². The van der Waals surface area contributed by atoms with Crippen molar-refractivity contribution in [1.29, 1.82) is 0 Å². The molecule has 0 amide bonds. The zero-order valence-corrected chi connectivity index (χ0v) is 14.0. The van der Waals surface area contributed by atoms with Crippen molar-refractivity contribution in [3.63, 3.8) is 0 Å². The molecule has 0 saturated heterocycles. The monoisotopic (exact) mass is 356 g/mol. The van der Waals surface area contributed by atoms with Gasteiger partial charge < -0.3 is 0 Å². The molecule has 0 fully saturated rings. The van der Waals surface area contributed by atoms with Gasteiger partial charge in [-0.15, -0.1) is 0 Å². The first-order valence-corrected chi connectivity index (χ1v) is 7.80. The Morgan fingerprint density at radius 3 is 2.47 bits per heavy atom. The van der Waals surface area contributed by atoms with Crippen LogP contribution >= 0.6 is 39.1 Å². The predicted octanol–water partition coefficient (Wildman–Crippen LogP) is 6.29. The molecule has 19 heavy (non-hydrogen) atoms. The minimum absolute atomic E-state index is 0.282. The molecule has 0 aliphatic carbocycles. The van der Waals surface area contributed by atoms with Crippen molar-refractivity contribution in [3.05, 3.63) is 68.7 Å². The third-order valence-corrected chi connectivity index (χ3v) is 4.94. The van der Waals surface area contributed by atoms with E-state index in [4.69, 9.17) is 23.2 Å². The van der Waals surface area contributed by atoms with E-state index in [1.54, 1.807) is 0 Å². The standard InChI is InChI=1S/C16H15BrCl2/c1-10-4-3-5-13(11(10)2)14(17)8-12-6-7-15(18)16(19)9-12/h3-7,9,14H,8H2,1-2H3. The van der Waals surface area contributed by atoms with Crippen LogP contribution in [0, 0.1) is 13.8 Å². The summed E-state index contributed by atoms with van der Waals surface area (Å²) in [6.45, 7) is 4.30. The van der Waals surface area contributed by atoms with E-state index < -0.39 is 0 Å². The van der Waals surface area contributed by atoms with Crippen LogP contribution in [-0.2, 0) is 6.42 Å². The molecule has 100 valence electrons. The summed E-state index contributed by atoms with van der Waals surface area (Å²) in [6.07, 6.45) is 0.890. The van der Waals surface area contributed by atoms with E-state index in [1.807, 2.05) is 18.2 Å². The molecule has 0 bridgehead atoms. The van der Waals surface area contributed by atoms with E-state index in [0.29, 0.717) is 10.0 Å². The van der Waals surface area contributed by atoms with Gasteiger partial charge in [-0.05, 0) is 54.7 Å². The Balaban J connectivity index is 2.23. The van der Waals surface area contributed by atoms with Gasteiger partial charge >= 0.3 is 0 Å². The van der Waals surface area contributed by atoms with Crippen molar-refractivity contribution < 1.29 is 0 Å². The summed E-state index contributed by atoms with van der Waals surface area (Å²) in [4.78, 5) is 0.282. The molecule has 0 aliphatic rings. The average Bonchev–Trinajstić information content (AvgIpc) is 2.37. The van der Waals surface area contributed by atoms with Crippen LogP contribution in [0.2, 0.25) is 10.0 Å². The first kappa shape index (κ1) is 14.9. The summed E-state index contributed by atoms with van der Waals surface area (Å²) in [6, 6.07) is 12.2. The lowest BCUT2D eigenvalue weighted by Crippen LogP contribution is -1.99. The van der Waals surface area contributed by atoms with Gasteiger partial charge in [0.05, 0.1) is 10.0 Å². The minimum atomic E-state index is 0.282. The van der Waals surface area contributed by atoms with Gasteiger partial charge in [0.2, 0.25) is 0 Å². The van der Waals surface area contributed by atoms with Crippen LogP contribution in [0.15, 0.2) is 36.4 Å². The molecule has 0 saturated carbocycles. The Kier molecular flexibility index (Phi) is 4.94. The molecule has 0 nitrogen and oxygen atoms in total. The minimum Gasteiger partial charge on any atom is -0.0835 e. The maximum Gasteiger partial charge on any atom is 0.0595 e. The predicted molar refractivity (Wildman–Crippen MR) is 87.8 cm³/mol. The van der Waals surface area contributed by atoms with Gasteiger partial charge in [-0.25, -0.2) is 0 Å². The largest absolute Gasteiger partial charge is 0.0835 e. The van der Waals surface area contributed by atoms with E-state index in [-0.39, 0.29) is 4.83 Å². The maximum absolute atomic E-state index is 6.05. The normalized spacial score (nSPS) is 12.5. The van der Waals surface area contributed by atoms with Gasteiger partial charge in [-0.2, -0.15) is 0 Å². The third kappa shape index (κ3) is 3.53. The lowest BCUT2D eigenvalue weighted by molar-refractivity contribution is 0.935. The molecule has 0 radical (unpaired) electrons. The molecule has 2 aromatic carbocycles. The van der Waals surface area contributed by atoms with Crippen LogP contribution in [0.5, 0.6) is 0 Å². The summed E-state index contributed by atoms with van der Waals surface area (Å²) in [7, 11) is 0. The molecule has 0 aromatic heterocycles. The Labute approximate surface area is 132 Å². The summed E-state index contributed by atoms with van der Waals surface area (Å²) < 4.78 is 0. The molecular formula is C16H15BrCl2. The molecule has 0 N–H and O–H groups in total. The van der Waals surface area contributed by atoms with Gasteiger partial charge in [0.25, 0.3) is 0 Å². The molecule has 2 aromatic rings. The molecular weight excluding hydrogens is 343 g/mol. The van der Waals surface area contributed by atoms with Crippen LogP contribution in [-0.4, -0.2) is 0 Å². The van der Waals surface area contributed by atoms with Crippen LogP contribution < -0.4 is 0 Å². The fraction of sp³-hybridized carbons (Fsp3) is 0.250. The van der Waals surface area contributed by atoms with E-state index in [2.05, 4.69) is 48.0 Å². The van der Waals surface area contributed by atoms with Crippen LogP contribution in [0.4, 0.5) is 0 Å². The van der Waals surface area contributed by atoms with Gasteiger partial charge in [0.1, 0.15) is 0 Å². The summed E-state index contributed by atoms with van der Waals surface area (Å²) in [5.74, 6) is 0. The number of hydrogen-bond donors (Lipinski definition) is 0. The van der Waals surface area contributed by atoms with E-state index >= 15 is 0 Å². The number of aryl methyl sites for hydroxylation is 1. The van der Waals surface area contributed by atoms with Crippen molar-refractivity contribution in [3.8, 4) is 0 Å². The highest BCUT2D eigenvalue weighted by atomic mass is 79.9. The van der Waals surface area contributed by atoms with Gasteiger partial charge in [0, 0.05) is 4.83 Å². The Bertz CT molecular complexity index is 593. The molecule has 1 unspecified atom stereocenters. The first-order chi connectivity index (χ1) is 8.99. The number of alkyl halides is 1. The molecule has 0 spiro atoms. The number of rotatable bonds is 3. The average molecular weight is 358 g/mol. The fourth-order valence-corrected chi connectivity index (χ4v) is 3.29. The van der Waals surface area contributed by atoms with E-state index in [1.165, 1.54) is 22.3 Å². The molecule has 0 aliphatic heterocycles. The lowest BCUT2D eigenvalue weighted by Gasteiger charge is -2.15. The summed E-state index contributed by atoms with van der Waals surface area (Å²) >= 11 is 15.8. The summed E-state index contributed by atoms with van der Waals surface area (Å²) in [5, 5.41) is 1.21. The Morgan fingerprint density at radius 2 is 1.79 bits per heavy atom. The maximum atomic E-state index is 6.05. The first-order valence-electron chi connectivity index (χ1n) is 6.13. The zero-order valence-electron chi connectivity index (χ0n) is 10.9. The van der Waals surface area contributed by atoms with Crippen molar-refractivity contribution in [1.82, 2.24) is 0 Å². The molecule has 0 heterocycles. The van der Waals surface area contributed by atoms with Gasteiger partial charge in [-0.3, -0.25) is 0 Å². The highest BCUT2D eigenvalue weighted by Gasteiger charge is 2.12. The van der Waals surface area contributed by atoms with Crippen LogP contribution in [0.1, 0.15) is 27.1 Å². The van der Waals surface area contributed by atoms with Crippen molar-refractivity contribution >= 4 is 39.1 Å². The highest BCUT2D eigenvalue weighted by molar-refractivity contribution is 9.09. The second kappa shape index (κ2) is 6.30. The van der Waals surface area contributed by atoms with Crippen molar-refractivity contribution in [2.24, 2.45) is 0 Å². The lowest BCUT2D eigenvalue weighted by atomic mass is 9.97. The number of hydrogen-bond acceptors (Lipinski definition) is 0. The number of halogens is 3. The SMILES string of the molecule is Cc1cccc(C(Br)Cc2ccc(Cl)c(Cl)c2)c1C. The topological polar surface area (TPSA) is 0 Å². The van der Waals surface area contributed by atoms with Crippen molar-refractivity contribution in [2.75, 3.05) is 0 Å². The molecule has 3 heteroatoms. The molecule has 2 rings (SSSR count). The van der Waals surface area contributed by atoms with E-state index in [9.17, 15) is 0 Å². The Morgan fingerprint density at radius 1 is 1.05 bits per heavy atom. The van der Waals surface area contributed by atoms with Gasteiger partial charge in [-0.1, -0.05) is 63.4 Å². The fourth-order valence-electron chi connectivity index (χ4n) is 2.10. The summed E-state index contributed by atoms with van der Waals surface area (Å²) in [5.41, 5.74) is 5.16. The number of benzene rings is 2. The second-order valence-electron chi connectivity index (χ2n) is 4.71. The van der Waals surface area contributed by atoms with Crippen LogP contribution in [0.3, 0.4) is 0 Å². The Hall–Kier alpha value is -0.500. The second-order valence-corrected chi connectivity index (χ2v) is 6.63. The third-order valence-electron chi connectivity index (χ3n) is 3.38. The van der Waals surface area contributed by atoms with E-state index in [0.717, 1.165) is 6.42 Å². The zero-order chi connectivity index (χ0) is 14.0. The van der Waals surface area contributed by atoms with Gasteiger partial charge in [0.15, 0.2) is 0 Å². The quantitative estimate of drug-likeness (QED) is 0.566.